The first-order valence-electron chi connectivity index (χ1n) is 7.86. The minimum Gasteiger partial charge on any atom is -0.465 e. The fourth-order valence-corrected chi connectivity index (χ4v) is 1.75. The van der Waals surface area contributed by atoms with Crippen molar-refractivity contribution in [1.29, 1.82) is 0 Å². The van der Waals surface area contributed by atoms with Gasteiger partial charge >= 0.3 is 11.9 Å². The van der Waals surface area contributed by atoms with Crippen LogP contribution in [0.4, 0.5) is 0 Å². The minimum atomic E-state index is -1.08. The number of rotatable bonds is 7. The molecule has 0 unspecified atom stereocenters. The number of esters is 2. The van der Waals surface area contributed by atoms with E-state index in [0.29, 0.717) is 0 Å². The molecule has 0 radical (unpaired) electrons. The van der Waals surface area contributed by atoms with Gasteiger partial charge in [0.2, 0.25) is 5.91 Å². The number of nitrogens with one attached hydrogen (secondary N) is 1. The molecule has 0 spiro atoms. The zero-order valence-electron chi connectivity index (χ0n) is 15.1. The Kier molecular flexibility index (Phi) is 8.23. The molecule has 0 saturated heterocycles. The van der Waals surface area contributed by atoms with Gasteiger partial charge in [0.05, 0.1) is 12.5 Å². The number of ether oxygens (including phenoxy) is 2. The smallest absolute Gasteiger partial charge is 0.329 e. The molecule has 0 aromatic carbocycles. The van der Waals surface area contributed by atoms with Crippen LogP contribution in [0.15, 0.2) is 0 Å². The number of amides is 1. The molecule has 0 saturated carbocycles. The second kappa shape index (κ2) is 8.86. The summed E-state index contributed by atoms with van der Waals surface area (Å²) in [4.78, 5) is 36.1. The van der Waals surface area contributed by atoms with Crippen LogP contribution in [0, 0.1) is 11.8 Å². The van der Waals surface area contributed by atoms with Crippen molar-refractivity contribution in [3.8, 4) is 0 Å². The molecule has 7 heteroatoms. The van der Waals surface area contributed by atoms with Crippen LogP contribution in [0.25, 0.3) is 0 Å². The van der Waals surface area contributed by atoms with Gasteiger partial charge in [-0.2, -0.15) is 0 Å². The third kappa shape index (κ3) is 7.45. The van der Waals surface area contributed by atoms with Crippen LogP contribution in [0.3, 0.4) is 0 Å². The summed E-state index contributed by atoms with van der Waals surface area (Å²) in [5.74, 6) is -2.64. The van der Waals surface area contributed by atoms with Crippen LogP contribution in [-0.4, -0.2) is 42.1 Å². The quantitative estimate of drug-likeness (QED) is 0.674. The van der Waals surface area contributed by atoms with Crippen LogP contribution in [-0.2, 0) is 23.9 Å². The first-order chi connectivity index (χ1) is 10.4. The molecule has 1 amide bonds. The molecule has 23 heavy (non-hydrogen) atoms. The number of hydrogen-bond donors (Lipinski definition) is 2. The van der Waals surface area contributed by atoms with Crippen LogP contribution in [0.2, 0.25) is 0 Å². The highest BCUT2D eigenvalue weighted by Crippen LogP contribution is 2.13. The first kappa shape index (κ1) is 21.4. The maximum atomic E-state index is 12.3. The van der Waals surface area contributed by atoms with E-state index in [1.165, 1.54) is 6.92 Å². The molecule has 0 rings (SSSR count). The molecule has 0 fully saturated rings. The lowest BCUT2D eigenvalue weighted by Gasteiger charge is -2.28. The summed E-state index contributed by atoms with van der Waals surface area (Å²) in [5, 5.41) is 2.62. The van der Waals surface area contributed by atoms with Crippen LogP contribution in [0.1, 0.15) is 48.5 Å². The Morgan fingerprint density at radius 1 is 1.09 bits per heavy atom. The van der Waals surface area contributed by atoms with E-state index in [0.717, 1.165) is 0 Å². The Labute approximate surface area is 138 Å². The van der Waals surface area contributed by atoms with Crippen LogP contribution in [0.5, 0.6) is 0 Å². The number of nitrogens with two attached hydrogens (primary N) is 1. The third-order valence-electron chi connectivity index (χ3n) is 3.14. The molecule has 0 bridgehead atoms. The lowest BCUT2D eigenvalue weighted by Crippen LogP contribution is -2.52. The predicted molar refractivity (Wildman–Crippen MR) is 86.4 cm³/mol. The molecule has 3 atom stereocenters. The molecule has 0 aromatic rings. The maximum Gasteiger partial charge on any atom is 0.329 e. The first-order valence-corrected chi connectivity index (χ1v) is 7.86. The third-order valence-corrected chi connectivity index (χ3v) is 3.14. The molecule has 3 N–H and O–H groups in total. The van der Waals surface area contributed by atoms with Gasteiger partial charge in [-0.15, -0.1) is 0 Å². The molecule has 0 aliphatic rings. The summed E-state index contributed by atoms with van der Waals surface area (Å²) in [6, 6.07) is -1.89. The minimum absolute atomic E-state index is 0.167. The highest BCUT2D eigenvalue weighted by atomic mass is 16.6. The largest absolute Gasteiger partial charge is 0.465 e. The fraction of sp³-hybridized carbons (Fsp3) is 0.812. The van der Waals surface area contributed by atoms with Gasteiger partial charge in [-0.05, 0) is 33.6 Å². The highest BCUT2D eigenvalue weighted by Gasteiger charge is 2.33. The van der Waals surface area contributed by atoms with Crippen molar-refractivity contribution in [2.45, 2.75) is 66.2 Å². The summed E-state index contributed by atoms with van der Waals surface area (Å²) in [7, 11) is 0. The van der Waals surface area contributed by atoms with Gasteiger partial charge < -0.3 is 20.5 Å². The molecule has 0 aromatic heterocycles. The lowest BCUT2D eigenvalue weighted by molar-refractivity contribution is -0.160. The van der Waals surface area contributed by atoms with E-state index in [9.17, 15) is 14.4 Å². The molecule has 0 aliphatic carbocycles. The summed E-state index contributed by atoms with van der Waals surface area (Å²) in [6.45, 7) is 12.2. The normalized spacial score (nSPS) is 15.5. The maximum absolute atomic E-state index is 12.3. The van der Waals surface area contributed by atoms with Gasteiger partial charge in [0.1, 0.15) is 17.7 Å². The molecule has 0 aliphatic heterocycles. The Morgan fingerprint density at radius 3 is 2.00 bits per heavy atom. The van der Waals surface area contributed by atoms with Gasteiger partial charge in [-0.1, -0.05) is 20.8 Å². The second-order valence-electron chi connectivity index (χ2n) is 6.83. The average Bonchev–Trinajstić information content (AvgIpc) is 2.40. The summed E-state index contributed by atoms with van der Waals surface area (Å²) < 4.78 is 10.1. The standard InChI is InChI=1S/C16H30N2O5/c1-8-22-14(20)11(17)10(4)13(19)18-12(9(2)3)15(21)23-16(5,6)7/h9-12H,8,17H2,1-7H3,(H,18,19)/t10-,11+,12-/m0/s1. The fourth-order valence-electron chi connectivity index (χ4n) is 1.75. The zero-order valence-corrected chi connectivity index (χ0v) is 15.1. The van der Waals surface area contributed by atoms with E-state index >= 15 is 0 Å². The average molecular weight is 330 g/mol. The van der Waals surface area contributed by atoms with Gasteiger partial charge in [-0.3, -0.25) is 9.59 Å². The number of carbonyl (C=O) groups excluding carboxylic acids is 3. The van der Waals surface area contributed by atoms with E-state index in [2.05, 4.69) is 5.32 Å². The van der Waals surface area contributed by atoms with Gasteiger partial charge in [0.15, 0.2) is 0 Å². The van der Waals surface area contributed by atoms with Crippen LogP contribution >= 0.6 is 0 Å². The van der Waals surface area contributed by atoms with Crippen molar-refractivity contribution in [2.75, 3.05) is 6.61 Å². The van der Waals surface area contributed by atoms with E-state index in [4.69, 9.17) is 15.2 Å². The van der Waals surface area contributed by atoms with Gasteiger partial charge in [-0.25, -0.2) is 4.79 Å². The van der Waals surface area contributed by atoms with Crippen LogP contribution < -0.4 is 11.1 Å². The SMILES string of the molecule is CCOC(=O)[C@H](N)[C@H](C)C(=O)N[C@H](C(=O)OC(C)(C)C)C(C)C. The Bertz CT molecular complexity index is 429. The van der Waals surface area contributed by atoms with Crippen molar-refractivity contribution in [3.63, 3.8) is 0 Å². The monoisotopic (exact) mass is 330 g/mol. The van der Waals surface area contributed by atoms with E-state index in [-0.39, 0.29) is 12.5 Å². The Hall–Kier alpha value is -1.63. The Morgan fingerprint density at radius 2 is 1.61 bits per heavy atom. The molecule has 7 nitrogen and oxygen atoms in total. The Balaban J connectivity index is 4.92. The van der Waals surface area contributed by atoms with Crippen molar-refractivity contribution < 1.29 is 23.9 Å². The van der Waals surface area contributed by atoms with Crippen molar-refractivity contribution in [2.24, 2.45) is 17.6 Å². The summed E-state index contributed by atoms with van der Waals surface area (Å²) in [5.41, 5.74) is 5.07. The summed E-state index contributed by atoms with van der Waals surface area (Å²) in [6.07, 6.45) is 0. The highest BCUT2D eigenvalue weighted by molar-refractivity contribution is 5.90. The molecule has 0 heterocycles. The summed E-state index contributed by atoms with van der Waals surface area (Å²) >= 11 is 0. The molecular weight excluding hydrogens is 300 g/mol. The molecular formula is C16H30N2O5. The number of carbonyl (C=O) groups is 3. The van der Waals surface area contributed by atoms with Crippen molar-refractivity contribution in [3.05, 3.63) is 0 Å². The lowest BCUT2D eigenvalue weighted by atomic mass is 9.99. The number of hydrogen-bond acceptors (Lipinski definition) is 6. The van der Waals surface area contributed by atoms with Gasteiger partial charge in [0.25, 0.3) is 0 Å². The predicted octanol–water partition coefficient (Wildman–Crippen LogP) is 0.995. The van der Waals surface area contributed by atoms with Crippen molar-refractivity contribution >= 4 is 17.8 Å². The zero-order chi connectivity index (χ0) is 18.4. The van der Waals surface area contributed by atoms with E-state index in [1.807, 2.05) is 0 Å². The molecule has 134 valence electrons. The topological polar surface area (TPSA) is 108 Å². The van der Waals surface area contributed by atoms with E-state index in [1.54, 1.807) is 41.5 Å². The van der Waals surface area contributed by atoms with Gasteiger partial charge in [0, 0.05) is 0 Å². The second-order valence-corrected chi connectivity index (χ2v) is 6.83. The van der Waals surface area contributed by atoms with E-state index < -0.39 is 41.4 Å². The van der Waals surface area contributed by atoms with Crippen molar-refractivity contribution in [1.82, 2.24) is 5.32 Å².